The lowest BCUT2D eigenvalue weighted by Gasteiger charge is -2.32. The zero-order chi connectivity index (χ0) is 31.1. The van der Waals surface area contributed by atoms with E-state index in [9.17, 15) is 8.42 Å². The molecule has 2 aromatic heterocycles. The van der Waals surface area contributed by atoms with E-state index in [1.807, 2.05) is 89.6 Å². The van der Waals surface area contributed by atoms with Gasteiger partial charge in [0.1, 0.15) is 29.3 Å². The first-order valence-electron chi connectivity index (χ1n) is 15.4. The van der Waals surface area contributed by atoms with E-state index in [1.165, 1.54) is 6.33 Å². The molecule has 11 heteroatoms. The number of fused-ring (bicyclic) bond motifs is 1. The van der Waals surface area contributed by atoms with Crippen LogP contribution in [0.3, 0.4) is 0 Å². The van der Waals surface area contributed by atoms with Crippen LogP contribution in [-0.2, 0) is 21.4 Å². The van der Waals surface area contributed by atoms with E-state index in [1.54, 1.807) is 4.31 Å². The molecule has 1 saturated heterocycles. The smallest absolute Gasteiger partial charge is 0.214 e. The molecule has 2 N–H and O–H groups in total. The van der Waals surface area contributed by atoms with Crippen LogP contribution in [0.1, 0.15) is 43.7 Å². The van der Waals surface area contributed by atoms with Crippen LogP contribution >= 0.6 is 0 Å². The number of unbranched alkanes of at least 4 members (excludes halogenated alkanes) is 2. The SMILES string of the molecule is Nc1ncnc2c1c(-c1ccc(Oc3ccccc3)cc1)nn2C1CCCN(S(=O)(=O)CCCCCOCc2ccccc2)C1. The summed E-state index contributed by atoms with van der Waals surface area (Å²) in [6.07, 6.45) is 5.17. The highest BCUT2D eigenvalue weighted by Crippen LogP contribution is 2.35. The zero-order valence-corrected chi connectivity index (χ0v) is 26.0. The van der Waals surface area contributed by atoms with Crippen molar-refractivity contribution in [1.29, 1.82) is 0 Å². The summed E-state index contributed by atoms with van der Waals surface area (Å²) in [7, 11) is -3.42. The lowest BCUT2D eigenvalue weighted by molar-refractivity contribution is 0.117. The molecule has 1 fully saturated rings. The summed E-state index contributed by atoms with van der Waals surface area (Å²) in [5, 5.41) is 5.61. The molecule has 3 aromatic carbocycles. The van der Waals surface area contributed by atoms with E-state index in [4.69, 9.17) is 20.3 Å². The molecule has 0 amide bonds. The lowest BCUT2D eigenvalue weighted by Crippen LogP contribution is -2.42. The number of nitrogen functional groups attached to an aromatic ring is 1. The van der Waals surface area contributed by atoms with E-state index in [0.29, 0.717) is 61.0 Å². The van der Waals surface area contributed by atoms with Crippen molar-refractivity contribution in [2.24, 2.45) is 0 Å². The Morgan fingerprint density at radius 1 is 0.867 bits per heavy atom. The van der Waals surface area contributed by atoms with Crippen LogP contribution in [0, 0.1) is 0 Å². The fourth-order valence-corrected chi connectivity index (χ4v) is 7.32. The highest BCUT2D eigenvalue weighted by Gasteiger charge is 2.32. The Kier molecular flexibility index (Phi) is 9.68. The highest BCUT2D eigenvalue weighted by atomic mass is 32.2. The maximum Gasteiger partial charge on any atom is 0.214 e. The van der Waals surface area contributed by atoms with Gasteiger partial charge in [-0.25, -0.2) is 23.1 Å². The molecular weight excluding hydrogens is 588 g/mol. The molecule has 0 spiro atoms. The van der Waals surface area contributed by atoms with Crippen LogP contribution in [0.25, 0.3) is 22.3 Å². The Labute approximate surface area is 263 Å². The fourth-order valence-electron chi connectivity index (χ4n) is 5.69. The van der Waals surface area contributed by atoms with Gasteiger partial charge in [0.2, 0.25) is 10.0 Å². The molecule has 0 aliphatic carbocycles. The Bertz CT molecular complexity index is 1800. The highest BCUT2D eigenvalue weighted by molar-refractivity contribution is 7.89. The predicted molar refractivity (Wildman–Crippen MR) is 175 cm³/mol. The molecule has 1 unspecified atom stereocenters. The predicted octanol–water partition coefficient (Wildman–Crippen LogP) is 6.22. The molecule has 3 heterocycles. The maximum atomic E-state index is 13.4. The number of piperidine rings is 1. The average Bonchev–Trinajstić information content (AvgIpc) is 3.47. The molecule has 0 saturated carbocycles. The second-order valence-corrected chi connectivity index (χ2v) is 13.3. The molecule has 6 rings (SSSR count). The quantitative estimate of drug-likeness (QED) is 0.153. The minimum Gasteiger partial charge on any atom is -0.457 e. The van der Waals surface area contributed by atoms with Gasteiger partial charge in [-0.15, -0.1) is 0 Å². The average molecular weight is 627 g/mol. The second kappa shape index (κ2) is 14.2. The molecule has 5 aromatic rings. The van der Waals surface area contributed by atoms with Crippen LogP contribution in [-0.4, -0.2) is 57.9 Å². The van der Waals surface area contributed by atoms with E-state index >= 15 is 0 Å². The minimum atomic E-state index is -3.42. The van der Waals surface area contributed by atoms with Crippen LogP contribution < -0.4 is 10.5 Å². The monoisotopic (exact) mass is 626 g/mol. The number of benzene rings is 3. The molecule has 45 heavy (non-hydrogen) atoms. The maximum absolute atomic E-state index is 13.4. The number of anilines is 1. The van der Waals surface area contributed by atoms with Crippen molar-refractivity contribution in [1.82, 2.24) is 24.1 Å². The van der Waals surface area contributed by atoms with Gasteiger partial charge in [0.25, 0.3) is 0 Å². The van der Waals surface area contributed by atoms with E-state index in [-0.39, 0.29) is 11.8 Å². The first-order valence-corrected chi connectivity index (χ1v) is 17.0. The van der Waals surface area contributed by atoms with Crippen molar-refractivity contribution in [2.75, 3.05) is 31.2 Å². The number of sulfonamides is 1. The number of nitrogens with zero attached hydrogens (tertiary/aromatic N) is 5. The largest absolute Gasteiger partial charge is 0.457 e. The molecule has 1 atom stereocenters. The number of ether oxygens (including phenoxy) is 2. The summed E-state index contributed by atoms with van der Waals surface area (Å²) in [5.74, 6) is 1.91. The van der Waals surface area contributed by atoms with Crippen molar-refractivity contribution >= 4 is 26.9 Å². The Morgan fingerprint density at radius 2 is 1.60 bits per heavy atom. The number of para-hydroxylation sites is 1. The first-order chi connectivity index (χ1) is 22.0. The van der Waals surface area contributed by atoms with Crippen molar-refractivity contribution < 1.29 is 17.9 Å². The van der Waals surface area contributed by atoms with Gasteiger partial charge in [-0.05, 0) is 67.6 Å². The molecule has 234 valence electrons. The standard InChI is InChI=1S/C34H38N6O4S/c35-33-31-32(27-16-18-30(19-17-27)44-29-14-6-2-7-15-29)38-40(34(31)37-25-36-33)28-13-10-20-39(23-28)45(41,42)22-9-3-8-21-43-24-26-11-4-1-5-12-26/h1-2,4-7,11-12,14-19,25,28H,3,8-10,13,20-24H2,(H2,35,36,37). The molecule has 0 bridgehead atoms. The Morgan fingerprint density at radius 3 is 2.38 bits per heavy atom. The van der Waals surface area contributed by atoms with Crippen LogP contribution in [0.5, 0.6) is 11.5 Å². The molecule has 0 radical (unpaired) electrons. The van der Waals surface area contributed by atoms with Gasteiger partial charge in [0.15, 0.2) is 5.65 Å². The topological polar surface area (TPSA) is 125 Å². The normalized spacial score (nSPS) is 15.8. The van der Waals surface area contributed by atoms with E-state index in [2.05, 4.69) is 9.97 Å². The number of hydrogen-bond donors (Lipinski definition) is 1. The molecular formula is C34H38N6O4S. The second-order valence-electron chi connectivity index (χ2n) is 11.3. The number of nitrogens with two attached hydrogens (primary N) is 1. The first kappa shape index (κ1) is 30.7. The van der Waals surface area contributed by atoms with Gasteiger partial charge >= 0.3 is 0 Å². The third kappa shape index (κ3) is 7.50. The van der Waals surface area contributed by atoms with Crippen molar-refractivity contribution in [3.8, 4) is 22.8 Å². The summed E-state index contributed by atoms with van der Waals surface area (Å²) >= 11 is 0. The minimum absolute atomic E-state index is 0.121. The number of rotatable bonds is 13. The van der Waals surface area contributed by atoms with Gasteiger partial charge in [-0.2, -0.15) is 9.40 Å². The Balaban J connectivity index is 1.10. The summed E-state index contributed by atoms with van der Waals surface area (Å²) < 4.78 is 41.8. The van der Waals surface area contributed by atoms with Gasteiger partial charge < -0.3 is 15.2 Å². The zero-order valence-electron chi connectivity index (χ0n) is 25.2. The fraction of sp³-hybridized carbons (Fsp3) is 0.324. The van der Waals surface area contributed by atoms with Crippen molar-refractivity contribution in [3.63, 3.8) is 0 Å². The summed E-state index contributed by atoms with van der Waals surface area (Å²) in [5.41, 5.74) is 9.58. The van der Waals surface area contributed by atoms with Crippen LogP contribution in [0.15, 0.2) is 91.3 Å². The third-order valence-corrected chi connectivity index (χ3v) is 9.95. The molecule has 10 nitrogen and oxygen atoms in total. The van der Waals surface area contributed by atoms with Gasteiger partial charge in [0, 0.05) is 25.3 Å². The number of hydrogen-bond acceptors (Lipinski definition) is 8. The number of aromatic nitrogens is 4. The van der Waals surface area contributed by atoms with E-state index < -0.39 is 10.0 Å². The Hall–Kier alpha value is -4.32. The van der Waals surface area contributed by atoms with Gasteiger partial charge in [-0.3, -0.25) is 0 Å². The summed E-state index contributed by atoms with van der Waals surface area (Å²) in [6, 6.07) is 27.1. The lowest BCUT2D eigenvalue weighted by atomic mass is 10.1. The molecule has 1 aliphatic rings. The summed E-state index contributed by atoms with van der Waals surface area (Å²) in [6.45, 7) is 2.03. The van der Waals surface area contributed by atoms with Crippen LogP contribution in [0.4, 0.5) is 5.82 Å². The third-order valence-electron chi connectivity index (χ3n) is 8.03. The van der Waals surface area contributed by atoms with Gasteiger partial charge in [0.05, 0.1) is 23.8 Å². The molecule has 1 aliphatic heterocycles. The van der Waals surface area contributed by atoms with Gasteiger partial charge in [-0.1, -0.05) is 55.0 Å². The summed E-state index contributed by atoms with van der Waals surface area (Å²) in [4.78, 5) is 8.76. The van der Waals surface area contributed by atoms with Crippen LogP contribution in [0.2, 0.25) is 0 Å². The van der Waals surface area contributed by atoms with E-state index in [0.717, 1.165) is 42.6 Å². The van der Waals surface area contributed by atoms with Crippen molar-refractivity contribution in [3.05, 3.63) is 96.8 Å². The van der Waals surface area contributed by atoms with Crippen molar-refractivity contribution in [2.45, 2.75) is 44.8 Å².